The zero-order chi connectivity index (χ0) is 20.6. The number of hydrazine groups is 1. The quantitative estimate of drug-likeness (QED) is 0.682. The Hall–Kier alpha value is -1.68. The predicted octanol–water partition coefficient (Wildman–Crippen LogP) is 1.91. The molecule has 156 valence electrons. The van der Waals surface area contributed by atoms with Gasteiger partial charge in [0.05, 0.1) is 24.2 Å². The van der Waals surface area contributed by atoms with E-state index in [2.05, 4.69) is 16.1 Å². The van der Waals surface area contributed by atoms with Gasteiger partial charge < -0.3 is 5.32 Å². The molecule has 0 aliphatic carbocycles. The molecule has 2 fully saturated rings. The summed E-state index contributed by atoms with van der Waals surface area (Å²) in [7, 11) is 3.66. The number of nitrogens with zero attached hydrogens (tertiary/aromatic N) is 2. The molecule has 3 N–H and O–H groups in total. The Morgan fingerprint density at radius 2 is 1.89 bits per heavy atom. The maximum absolute atomic E-state index is 13.6. The molecule has 2 heterocycles. The second-order valence-corrected chi connectivity index (χ2v) is 7.74. The average Bonchev–Trinajstić information content (AvgIpc) is 3.01. The lowest BCUT2D eigenvalue weighted by molar-refractivity contribution is -0.133. The number of halogens is 3. The van der Waals surface area contributed by atoms with E-state index in [0.29, 0.717) is 6.42 Å². The molecule has 2 saturated heterocycles. The highest BCUT2D eigenvalue weighted by Crippen LogP contribution is 2.35. The standard InChI is InChI=1S/C19H28F3N5O/c1-5-14(11-6-8-12(9-7-11)19(2,21)22)27-16-15(13(10-20)25-27)17(28)24-18(23-16)26(3)4/h6-9,13-16,18,23,25H,5,10H2,1-4H3,(H,24,28). The minimum Gasteiger partial charge on any atom is -0.327 e. The molecule has 1 aromatic carbocycles. The molecule has 0 spiro atoms. The van der Waals surface area contributed by atoms with Gasteiger partial charge in [0.15, 0.2) is 0 Å². The van der Waals surface area contributed by atoms with E-state index >= 15 is 0 Å². The van der Waals surface area contributed by atoms with Crippen molar-refractivity contribution >= 4 is 5.91 Å². The lowest BCUT2D eigenvalue weighted by atomic mass is 9.95. The first kappa shape index (κ1) is 21.0. The molecule has 3 rings (SSSR count). The molecule has 2 aliphatic heterocycles. The van der Waals surface area contributed by atoms with E-state index in [1.54, 1.807) is 12.1 Å². The molecule has 0 radical (unpaired) electrons. The SMILES string of the molecule is CCC(c1ccc(C(C)(F)F)cc1)N1NC(CF)C2C(=O)NC(N(C)C)NC21. The number of amides is 1. The van der Waals surface area contributed by atoms with Crippen LogP contribution >= 0.6 is 0 Å². The van der Waals surface area contributed by atoms with E-state index in [1.807, 2.05) is 30.9 Å². The van der Waals surface area contributed by atoms with Gasteiger partial charge in [-0.3, -0.25) is 15.0 Å². The van der Waals surface area contributed by atoms with Crippen LogP contribution in [0.5, 0.6) is 0 Å². The van der Waals surface area contributed by atoms with Gasteiger partial charge in [0.1, 0.15) is 13.0 Å². The van der Waals surface area contributed by atoms with Gasteiger partial charge in [0.2, 0.25) is 5.91 Å². The molecule has 0 aromatic heterocycles. The Morgan fingerprint density at radius 3 is 2.39 bits per heavy atom. The van der Waals surface area contributed by atoms with Crippen LogP contribution in [0.3, 0.4) is 0 Å². The molecule has 0 bridgehead atoms. The lowest BCUT2D eigenvalue weighted by Gasteiger charge is -2.41. The average molecular weight is 399 g/mol. The van der Waals surface area contributed by atoms with Crippen molar-refractivity contribution in [3.05, 3.63) is 35.4 Å². The Balaban J connectivity index is 1.89. The van der Waals surface area contributed by atoms with Crippen LogP contribution in [-0.2, 0) is 10.7 Å². The fourth-order valence-corrected chi connectivity index (χ4v) is 3.97. The van der Waals surface area contributed by atoms with Crippen molar-refractivity contribution in [2.24, 2.45) is 5.92 Å². The Labute approximate surface area is 163 Å². The zero-order valence-electron chi connectivity index (χ0n) is 16.5. The number of alkyl halides is 3. The fourth-order valence-electron chi connectivity index (χ4n) is 3.97. The zero-order valence-corrected chi connectivity index (χ0v) is 16.5. The normalized spacial score (nSPS) is 29.6. The number of benzene rings is 1. The number of carbonyl (C=O) groups is 1. The molecule has 1 amide bonds. The maximum atomic E-state index is 13.6. The highest BCUT2D eigenvalue weighted by atomic mass is 19.3. The largest absolute Gasteiger partial charge is 0.327 e. The number of fused-ring (bicyclic) bond motifs is 1. The topological polar surface area (TPSA) is 59.6 Å². The Morgan fingerprint density at radius 1 is 1.25 bits per heavy atom. The van der Waals surface area contributed by atoms with Crippen molar-refractivity contribution in [1.29, 1.82) is 0 Å². The first-order valence-corrected chi connectivity index (χ1v) is 9.49. The highest BCUT2D eigenvalue weighted by Gasteiger charge is 2.51. The number of nitrogens with one attached hydrogen (secondary N) is 3. The van der Waals surface area contributed by atoms with E-state index in [1.165, 1.54) is 12.1 Å². The van der Waals surface area contributed by atoms with Gasteiger partial charge in [-0.15, -0.1) is 0 Å². The van der Waals surface area contributed by atoms with E-state index in [4.69, 9.17) is 0 Å². The number of hydrogen-bond acceptors (Lipinski definition) is 5. The summed E-state index contributed by atoms with van der Waals surface area (Å²) in [5, 5.41) is 8.07. The van der Waals surface area contributed by atoms with E-state index < -0.39 is 30.7 Å². The van der Waals surface area contributed by atoms with Crippen LogP contribution in [0.2, 0.25) is 0 Å². The molecule has 28 heavy (non-hydrogen) atoms. The molecular formula is C19H28F3N5O. The summed E-state index contributed by atoms with van der Waals surface area (Å²) in [5.74, 6) is -3.70. The molecule has 5 unspecified atom stereocenters. The second-order valence-electron chi connectivity index (χ2n) is 7.74. The van der Waals surface area contributed by atoms with Crippen LogP contribution in [0.4, 0.5) is 13.2 Å². The summed E-state index contributed by atoms with van der Waals surface area (Å²) in [6, 6.07) is 5.34. The number of hydrogen-bond donors (Lipinski definition) is 3. The van der Waals surface area contributed by atoms with Crippen molar-refractivity contribution in [2.45, 2.75) is 50.7 Å². The smallest absolute Gasteiger partial charge is 0.270 e. The van der Waals surface area contributed by atoms with Gasteiger partial charge in [0, 0.05) is 12.5 Å². The first-order chi connectivity index (χ1) is 13.2. The highest BCUT2D eigenvalue weighted by molar-refractivity contribution is 5.81. The number of rotatable bonds is 6. The molecular weight excluding hydrogens is 371 g/mol. The number of carbonyl (C=O) groups excluding carboxylic acids is 1. The van der Waals surface area contributed by atoms with E-state index in [-0.39, 0.29) is 23.8 Å². The van der Waals surface area contributed by atoms with E-state index in [9.17, 15) is 18.0 Å². The van der Waals surface area contributed by atoms with Crippen molar-refractivity contribution in [2.75, 3.05) is 20.8 Å². The van der Waals surface area contributed by atoms with Crippen LogP contribution in [0.1, 0.15) is 37.4 Å². The fraction of sp³-hybridized carbons (Fsp3) is 0.632. The molecule has 5 atom stereocenters. The van der Waals surface area contributed by atoms with Crippen LogP contribution in [0.15, 0.2) is 24.3 Å². The van der Waals surface area contributed by atoms with Crippen molar-refractivity contribution in [3.63, 3.8) is 0 Å². The van der Waals surface area contributed by atoms with Gasteiger partial charge in [-0.2, -0.15) is 0 Å². The van der Waals surface area contributed by atoms with Gasteiger partial charge in [-0.1, -0.05) is 31.2 Å². The van der Waals surface area contributed by atoms with Gasteiger partial charge in [-0.25, -0.2) is 23.6 Å². The van der Waals surface area contributed by atoms with Crippen LogP contribution in [0, 0.1) is 5.92 Å². The molecule has 9 heteroatoms. The summed E-state index contributed by atoms with van der Waals surface area (Å²) in [5.41, 5.74) is 3.91. The molecule has 6 nitrogen and oxygen atoms in total. The van der Waals surface area contributed by atoms with E-state index in [0.717, 1.165) is 12.5 Å². The third kappa shape index (κ3) is 3.89. The third-order valence-corrected chi connectivity index (χ3v) is 5.51. The molecule has 0 saturated carbocycles. The van der Waals surface area contributed by atoms with Crippen molar-refractivity contribution in [1.82, 2.24) is 26.0 Å². The molecule has 2 aliphatic rings. The van der Waals surface area contributed by atoms with Crippen molar-refractivity contribution < 1.29 is 18.0 Å². The van der Waals surface area contributed by atoms with Gasteiger partial charge in [-0.05, 0) is 26.1 Å². The lowest BCUT2D eigenvalue weighted by Crippen LogP contribution is -2.68. The minimum atomic E-state index is -2.90. The molecule has 1 aromatic rings. The Bertz CT molecular complexity index is 694. The maximum Gasteiger partial charge on any atom is 0.270 e. The minimum absolute atomic E-state index is 0.0529. The second kappa shape index (κ2) is 7.98. The van der Waals surface area contributed by atoms with Crippen molar-refractivity contribution in [3.8, 4) is 0 Å². The summed E-state index contributed by atoms with van der Waals surface area (Å²) in [4.78, 5) is 14.4. The van der Waals surface area contributed by atoms with Crippen LogP contribution in [-0.4, -0.2) is 55.1 Å². The van der Waals surface area contributed by atoms with Crippen LogP contribution in [0.25, 0.3) is 0 Å². The predicted molar refractivity (Wildman–Crippen MR) is 99.8 cm³/mol. The first-order valence-electron chi connectivity index (χ1n) is 9.49. The summed E-state index contributed by atoms with van der Waals surface area (Å²) >= 11 is 0. The Kier molecular flexibility index (Phi) is 6.00. The summed E-state index contributed by atoms with van der Waals surface area (Å²) < 4.78 is 40.7. The monoisotopic (exact) mass is 399 g/mol. The van der Waals surface area contributed by atoms with Gasteiger partial charge >= 0.3 is 0 Å². The third-order valence-electron chi connectivity index (χ3n) is 5.51. The summed E-state index contributed by atoms with van der Waals surface area (Å²) in [6.45, 7) is 2.15. The van der Waals surface area contributed by atoms with Crippen LogP contribution < -0.4 is 16.1 Å². The van der Waals surface area contributed by atoms with Gasteiger partial charge in [0.25, 0.3) is 5.92 Å². The summed E-state index contributed by atoms with van der Waals surface area (Å²) in [6.07, 6.45) is -0.137.